The molecule has 0 aliphatic rings. The maximum Gasteiger partial charge on any atom is 0.238 e. The average molecular weight is 325 g/mol. The van der Waals surface area contributed by atoms with Gasteiger partial charge in [-0.15, -0.1) is 0 Å². The lowest BCUT2D eigenvalue weighted by Gasteiger charge is -2.25. The first-order valence-electron chi connectivity index (χ1n) is 7.47. The van der Waals surface area contributed by atoms with Crippen LogP contribution in [0.15, 0.2) is 24.3 Å². The number of hydrogen-bond donors (Lipinski definition) is 1. The molecule has 0 radical (unpaired) electrons. The van der Waals surface area contributed by atoms with Crippen molar-refractivity contribution in [3.05, 3.63) is 34.9 Å². The third-order valence-electron chi connectivity index (χ3n) is 3.53. The average Bonchev–Trinajstić information content (AvgIpc) is 2.46. The third kappa shape index (κ3) is 5.43. The quantitative estimate of drug-likeness (QED) is 0.838. The molecular weight excluding hydrogens is 300 g/mol. The van der Waals surface area contributed by atoms with Gasteiger partial charge in [0.05, 0.1) is 12.1 Å². The van der Waals surface area contributed by atoms with Gasteiger partial charge in [0, 0.05) is 25.0 Å². The molecule has 1 amide bonds. The van der Waals surface area contributed by atoms with Crippen molar-refractivity contribution in [3.8, 4) is 0 Å². The van der Waals surface area contributed by atoms with E-state index < -0.39 is 6.04 Å². The first-order chi connectivity index (χ1) is 10.2. The molecule has 1 rings (SSSR count). The summed E-state index contributed by atoms with van der Waals surface area (Å²) in [7, 11) is 3.41. The Morgan fingerprint density at radius 3 is 2.14 bits per heavy atom. The second kappa shape index (κ2) is 8.30. The van der Waals surface area contributed by atoms with Crippen LogP contribution in [0.25, 0.3) is 0 Å². The van der Waals surface area contributed by atoms with Gasteiger partial charge in [-0.2, -0.15) is 0 Å². The Kier molecular flexibility index (Phi) is 7.04. The zero-order valence-corrected chi connectivity index (χ0v) is 14.6. The van der Waals surface area contributed by atoms with Crippen LogP contribution in [-0.4, -0.2) is 42.8 Å². The largest absolute Gasteiger partial charge is 0.347 e. The Bertz CT molecular complexity index is 512. The molecule has 1 unspecified atom stereocenters. The highest BCUT2D eigenvalue weighted by Crippen LogP contribution is 2.13. The predicted molar refractivity (Wildman–Crippen MR) is 90.1 cm³/mol. The zero-order valence-electron chi connectivity index (χ0n) is 13.9. The van der Waals surface area contributed by atoms with Crippen molar-refractivity contribution >= 4 is 23.3 Å². The number of nitrogens with zero attached hydrogens (tertiary/aromatic N) is 1. The Hall–Kier alpha value is -1.39. The van der Waals surface area contributed by atoms with Crippen LogP contribution >= 0.6 is 11.6 Å². The Labute approximate surface area is 137 Å². The summed E-state index contributed by atoms with van der Waals surface area (Å²) >= 11 is 5.89. The summed E-state index contributed by atoms with van der Waals surface area (Å²) in [5, 5.41) is 3.83. The summed E-state index contributed by atoms with van der Waals surface area (Å²) < 4.78 is 0. The van der Waals surface area contributed by atoms with Crippen LogP contribution < -0.4 is 5.32 Å². The summed E-state index contributed by atoms with van der Waals surface area (Å²) in [5.74, 6) is -0.0301. The molecule has 4 nitrogen and oxygen atoms in total. The smallest absolute Gasteiger partial charge is 0.238 e. The van der Waals surface area contributed by atoms with E-state index in [0.717, 1.165) is 5.56 Å². The monoisotopic (exact) mass is 324 g/mol. The van der Waals surface area contributed by atoms with Crippen LogP contribution in [0.3, 0.4) is 0 Å². The molecule has 0 saturated heterocycles. The molecule has 2 atom stereocenters. The molecule has 0 aliphatic heterocycles. The van der Waals surface area contributed by atoms with Crippen molar-refractivity contribution in [2.45, 2.75) is 39.3 Å². The van der Waals surface area contributed by atoms with Gasteiger partial charge in [-0.05, 0) is 31.0 Å². The number of benzene rings is 1. The standard InChI is InChI=1S/C17H25ClN2O2/c1-11(2)16(21)15(19-12(3)17(22)20(4)5)10-13-6-8-14(18)9-7-13/h6-9,11-12,15,19H,10H2,1-5H3/t12?,15-/m1/s1. The van der Waals surface area contributed by atoms with Gasteiger partial charge >= 0.3 is 0 Å². The number of hydrogen-bond acceptors (Lipinski definition) is 3. The van der Waals surface area contributed by atoms with Crippen molar-refractivity contribution in [2.75, 3.05) is 14.1 Å². The van der Waals surface area contributed by atoms with E-state index in [-0.39, 0.29) is 23.7 Å². The van der Waals surface area contributed by atoms with E-state index in [2.05, 4.69) is 5.32 Å². The number of carbonyl (C=O) groups is 2. The molecule has 0 aromatic heterocycles. The van der Waals surface area contributed by atoms with E-state index >= 15 is 0 Å². The maximum absolute atomic E-state index is 12.4. The summed E-state index contributed by atoms with van der Waals surface area (Å²) in [4.78, 5) is 26.0. The van der Waals surface area contributed by atoms with E-state index in [0.29, 0.717) is 11.4 Å². The van der Waals surface area contributed by atoms with Crippen LogP contribution in [0.5, 0.6) is 0 Å². The molecule has 0 aliphatic carbocycles. The van der Waals surface area contributed by atoms with Gasteiger partial charge in [0.1, 0.15) is 0 Å². The van der Waals surface area contributed by atoms with Crippen LogP contribution in [0.1, 0.15) is 26.3 Å². The number of likely N-dealkylation sites (N-methyl/N-ethyl adjacent to an activating group) is 1. The molecule has 0 fully saturated rings. The lowest BCUT2D eigenvalue weighted by molar-refractivity contribution is -0.131. The molecule has 0 spiro atoms. The summed E-state index contributed by atoms with van der Waals surface area (Å²) in [5.41, 5.74) is 1.01. The number of halogens is 1. The van der Waals surface area contributed by atoms with E-state index in [1.165, 1.54) is 4.90 Å². The molecule has 1 N–H and O–H groups in total. The molecule has 0 heterocycles. The molecule has 0 bridgehead atoms. The van der Waals surface area contributed by atoms with Crippen molar-refractivity contribution in [3.63, 3.8) is 0 Å². The minimum Gasteiger partial charge on any atom is -0.347 e. The highest BCUT2D eigenvalue weighted by atomic mass is 35.5. The third-order valence-corrected chi connectivity index (χ3v) is 3.78. The van der Waals surface area contributed by atoms with Gasteiger partial charge in [0.2, 0.25) is 5.91 Å². The predicted octanol–water partition coefficient (Wildman–Crippen LogP) is 2.54. The highest BCUT2D eigenvalue weighted by molar-refractivity contribution is 6.30. The minimum absolute atomic E-state index is 0.0438. The SMILES string of the molecule is CC(C)C(=O)[C@@H](Cc1ccc(Cl)cc1)NC(C)C(=O)N(C)C. The van der Waals surface area contributed by atoms with Crippen LogP contribution in [0, 0.1) is 5.92 Å². The van der Waals surface area contributed by atoms with Crippen LogP contribution in [-0.2, 0) is 16.0 Å². The van der Waals surface area contributed by atoms with Gasteiger partial charge < -0.3 is 4.90 Å². The fraction of sp³-hybridized carbons (Fsp3) is 0.529. The zero-order chi connectivity index (χ0) is 16.9. The first kappa shape index (κ1) is 18.7. The van der Waals surface area contributed by atoms with Crippen molar-refractivity contribution < 1.29 is 9.59 Å². The number of rotatable bonds is 7. The highest BCUT2D eigenvalue weighted by Gasteiger charge is 2.26. The van der Waals surface area contributed by atoms with Crippen molar-refractivity contribution in [2.24, 2.45) is 5.92 Å². The summed E-state index contributed by atoms with van der Waals surface area (Å²) in [6, 6.07) is 6.63. The van der Waals surface area contributed by atoms with Gasteiger partial charge in [-0.3, -0.25) is 14.9 Å². The van der Waals surface area contributed by atoms with Crippen molar-refractivity contribution in [1.82, 2.24) is 10.2 Å². The van der Waals surface area contributed by atoms with E-state index in [9.17, 15) is 9.59 Å². The van der Waals surface area contributed by atoms with E-state index in [4.69, 9.17) is 11.6 Å². The number of Topliss-reactive ketones (excluding diaryl/α,β-unsaturated/α-hetero) is 1. The first-order valence-corrected chi connectivity index (χ1v) is 7.85. The second-order valence-corrected chi connectivity index (χ2v) is 6.50. The van der Waals surface area contributed by atoms with Crippen LogP contribution in [0.4, 0.5) is 0 Å². The lowest BCUT2D eigenvalue weighted by Crippen LogP contribution is -2.50. The molecule has 1 aromatic rings. The molecule has 0 saturated carbocycles. The number of carbonyl (C=O) groups excluding carboxylic acids is 2. The Morgan fingerprint density at radius 1 is 1.14 bits per heavy atom. The van der Waals surface area contributed by atoms with E-state index in [1.807, 2.05) is 38.1 Å². The maximum atomic E-state index is 12.4. The minimum atomic E-state index is -0.407. The van der Waals surface area contributed by atoms with Crippen LogP contribution in [0.2, 0.25) is 5.02 Å². The normalized spacial score (nSPS) is 13.8. The van der Waals surface area contributed by atoms with Gasteiger partial charge in [0.15, 0.2) is 5.78 Å². The van der Waals surface area contributed by atoms with Gasteiger partial charge in [-0.25, -0.2) is 0 Å². The number of ketones is 1. The lowest BCUT2D eigenvalue weighted by atomic mass is 9.95. The molecule has 5 heteroatoms. The fourth-order valence-corrected chi connectivity index (χ4v) is 2.39. The topological polar surface area (TPSA) is 49.4 Å². The van der Waals surface area contributed by atoms with Gasteiger partial charge in [0.25, 0.3) is 0 Å². The fourth-order valence-electron chi connectivity index (χ4n) is 2.26. The molecule has 122 valence electrons. The summed E-state index contributed by atoms with van der Waals surface area (Å²) in [6.07, 6.45) is 0.541. The van der Waals surface area contributed by atoms with E-state index in [1.54, 1.807) is 21.0 Å². The summed E-state index contributed by atoms with van der Waals surface area (Å²) in [6.45, 7) is 5.53. The second-order valence-electron chi connectivity index (χ2n) is 6.06. The number of nitrogens with one attached hydrogen (secondary N) is 1. The Balaban J connectivity index is 2.86. The molecule has 22 heavy (non-hydrogen) atoms. The number of amides is 1. The molecule has 1 aromatic carbocycles. The molecular formula is C17H25ClN2O2. The van der Waals surface area contributed by atoms with Gasteiger partial charge in [-0.1, -0.05) is 37.6 Å². The van der Waals surface area contributed by atoms with Crippen molar-refractivity contribution in [1.29, 1.82) is 0 Å². The Morgan fingerprint density at radius 2 is 1.68 bits per heavy atom.